The van der Waals surface area contributed by atoms with Crippen LogP contribution < -0.4 is 0 Å². The fourth-order valence-corrected chi connectivity index (χ4v) is 4.51. The summed E-state index contributed by atoms with van der Waals surface area (Å²) in [6.07, 6.45) is 31.6. The summed E-state index contributed by atoms with van der Waals surface area (Å²) < 4.78 is 5.57. The molecule has 1 radical (unpaired) electrons. The van der Waals surface area contributed by atoms with Crippen LogP contribution in [0.25, 0.3) is 0 Å². The lowest BCUT2D eigenvalue weighted by Gasteiger charge is -2.15. The van der Waals surface area contributed by atoms with Crippen LogP contribution in [0.4, 0.5) is 0 Å². The largest absolute Gasteiger partial charge is 0.462 e. The number of carbonyl (C=O) groups excluding carboxylic acids is 2. The number of esters is 1. The summed E-state index contributed by atoms with van der Waals surface area (Å²) in [5.41, 5.74) is 0. The van der Waals surface area contributed by atoms with E-state index in [1.807, 2.05) is 6.29 Å². The predicted molar refractivity (Wildman–Crippen MR) is 142 cm³/mol. The lowest BCUT2D eigenvalue weighted by Crippen LogP contribution is -2.18. The molecule has 0 fully saturated rings. The molecule has 1 atom stereocenters. The molecule has 3 heteroatoms. The number of ether oxygens (including phenoxy) is 1. The van der Waals surface area contributed by atoms with Crippen LogP contribution in [0.1, 0.15) is 174 Å². The third kappa shape index (κ3) is 25.6. The Bertz CT molecular complexity index is 407. The van der Waals surface area contributed by atoms with Crippen molar-refractivity contribution in [2.75, 3.05) is 0 Å². The Morgan fingerprint density at radius 1 is 0.576 bits per heavy atom. The second-order valence-electron chi connectivity index (χ2n) is 10.1. The molecule has 3 nitrogen and oxygen atoms in total. The Morgan fingerprint density at radius 2 is 0.939 bits per heavy atom. The molecule has 0 N–H and O–H groups in total. The summed E-state index contributed by atoms with van der Waals surface area (Å²) in [5.74, 6) is -0.130. The minimum atomic E-state index is -0.263. The van der Waals surface area contributed by atoms with E-state index in [-0.39, 0.29) is 18.5 Å². The molecule has 0 aromatic rings. The van der Waals surface area contributed by atoms with E-state index in [2.05, 4.69) is 13.8 Å². The van der Waals surface area contributed by atoms with Crippen LogP contribution in [0.3, 0.4) is 0 Å². The van der Waals surface area contributed by atoms with E-state index in [1.54, 1.807) is 0 Å². The summed E-state index contributed by atoms with van der Waals surface area (Å²) in [4.78, 5) is 23.0. The van der Waals surface area contributed by atoms with E-state index < -0.39 is 0 Å². The maximum Gasteiger partial charge on any atom is 0.306 e. The molecule has 0 spiro atoms. The molecular formula is C30H57O3. The highest BCUT2D eigenvalue weighted by atomic mass is 16.5. The van der Waals surface area contributed by atoms with Crippen LogP contribution in [-0.2, 0) is 14.3 Å². The lowest BCUT2D eigenvalue weighted by atomic mass is 10.0. The Balaban J connectivity index is 3.57. The minimum absolute atomic E-state index is 0.130. The molecule has 0 saturated heterocycles. The molecule has 0 rings (SSSR count). The monoisotopic (exact) mass is 465 g/mol. The summed E-state index contributed by atoms with van der Waals surface area (Å²) in [6, 6.07) is 0. The molecule has 0 aromatic carbocycles. The van der Waals surface area contributed by atoms with Gasteiger partial charge in [-0.3, -0.25) is 9.59 Å². The zero-order chi connectivity index (χ0) is 24.2. The first-order valence-corrected chi connectivity index (χ1v) is 14.8. The van der Waals surface area contributed by atoms with Crippen molar-refractivity contribution in [3.8, 4) is 0 Å². The normalized spacial score (nSPS) is 12.1. The van der Waals surface area contributed by atoms with Gasteiger partial charge < -0.3 is 4.74 Å². The van der Waals surface area contributed by atoms with E-state index in [0.29, 0.717) is 6.42 Å². The van der Waals surface area contributed by atoms with Gasteiger partial charge in [0.25, 0.3) is 0 Å². The van der Waals surface area contributed by atoms with Crippen LogP contribution in [0.5, 0.6) is 0 Å². The number of hydrogen-bond donors (Lipinski definition) is 0. The molecule has 0 bridgehead atoms. The molecule has 0 aromatic heterocycles. The third-order valence-corrected chi connectivity index (χ3v) is 6.72. The summed E-state index contributed by atoms with van der Waals surface area (Å²) in [5, 5.41) is 0. The van der Waals surface area contributed by atoms with Gasteiger partial charge in [-0.05, 0) is 19.3 Å². The van der Waals surface area contributed by atoms with Crippen molar-refractivity contribution in [2.24, 2.45) is 0 Å². The van der Waals surface area contributed by atoms with Gasteiger partial charge in [0.05, 0.1) is 6.42 Å². The first-order valence-electron chi connectivity index (χ1n) is 14.8. The average Bonchev–Trinajstić information content (AvgIpc) is 2.81. The number of unbranched alkanes of at least 4 members (excludes halogenated alkanes) is 20. The zero-order valence-corrected chi connectivity index (χ0v) is 22.5. The first-order chi connectivity index (χ1) is 16.2. The van der Waals surface area contributed by atoms with Crippen molar-refractivity contribution in [1.29, 1.82) is 0 Å². The van der Waals surface area contributed by atoms with Crippen LogP contribution in [-0.4, -0.2) is 18.4 Å². The molecule has 195 valence electrons. The Hall–Kier alpha value is -0.860. The molecule has 0 aliphatic rings. The predicted octanol–water partition coefficient (Wildman–Crippen LogP) is 9.80. The van der Waals surface area contributed by atoms with Crippen LogP contribution >= 0.6 is 0 Å². The van der Waals surface area contributed by atoms with Crippen LogP contribution in [0, 0.1) is 0 Å². The molecule has 33 heavy (non-hydrogen) atoms. The SMILES string of the molecule is CCCCCCCCCCCCCC(=O)OC(C[C]=O)CCCCCCCCCCCCC. The minimum Gasteiger partial charge on any atom is -0.462 e. The van der Waals surface area contributed by atoms with Gasteiger partial charge in [0.2, 0.25) is 6.29 Å². The van der Waals surface area contributed by atoms with Gasteiger partial charge in [-0.25, -0.2) is 0 Å². The number of carbonyl (C=O) groups is 1. The van der Waals surface area contributed by atoms with Crippen molar-refractivity contribution >= 4 is 12.3 Å². The molecule has 0 heterocycles. The van der Waals surface area contributed by atoms with Gasteiger partial charge in [-0.1, -0.05) is 142 Å². The van der Waals surface area contributed by atoms with E-state index in [1.165, 1.54) is 122 Å². The summed E-state index contributed by atoms with van der Waals surface area (Å²) >= 11 is 0. The Kier molecular flexibility index (Phi) is 26.7. The van der Waals surface area contributed by atoms with E-state index in [9.17, 15) is 9.59 Å². The quantitative estimate of drug-likeness (QED) is 0.0895. The van der Waals surface area contributed by atoms with Crippen LogP contribution in [0.2, 0.25) is 0 Å². The zero-order valence-electron chi connectivity index (χ0n) is 22.5. The van der Waals surface area contributed by atoms with Crippen molar-refractivity contribution in [3.63, 3.8) is 0 Å². The smallest absolute Gasteiger partial charge is 0.306 e. The van der Waals surface area contributed by atoms with E-state index in [4.69, 9.17) is 4.74 Å². The Labute approximate surface area is 207 Å². The third-order valence-electron chi connectivity index (χ3n) is 6.72. The average molecular weight is 466 g/mol. The highest BCUT2D eigenvalue weighted by Crippen LogP contribution is 2.16. The van der Waals surface area contributed by atoms with Crippen molar-refractivity contribution in [3.05, 3.63) is 0 Å². The van der Waals surface area contributed by atoms with E-state index >= 15 is 0 Å². The van der Waals surface area contributed by atoms with Crippen molar-refractivity contribution < 1.29 is 14.3 Å². The maximum absolute atomic E-state index is 12.1. The van der Waals surface area contributed by atoms with E-state index in [0.717, 1.165) is 25.7 Å². The fourth-order valence-electron chi connectivity index (χ4n) is 4.51. The standard InChI is InChI=1S/C30H57O3/c1-3-5-7-9-11-13-15-17-19-21-23-25-29(27-28-31)33-30(32)26-24-22-20-18-16-14-12-10-8-6-4-2/h29H,3-27H2,1-2H3. The second-order valence-corrected chi connectivity index (χ2v) is 10.1. The first kappa shape index (κ1) is 32.1. The van der Waals surface area contributed by atoms with Gasteiger partial charge in [0, 0.05) is 6.42 Å². The molecule has 1 unspecified atom stereocenters. The number of hydrogen-bond acceptors (Lipinski definition) is 3. The molecule has 0 aliphatic heterocycles. The summed E-state index contributed by atoms with van der Waals surface area (Å²) in [6.45, 7) is 4.52. The van der Waals surface area contributed by atoms with Gasteiger partial charge in [0.15, 0.2) is 0 Å². The van der Waals surface area contributed by atoms with Crippen LogP contribution in [0.15, 0.2) is 0 Å². The Morgan fingerprint density at radius 3 is 1.33 bits per heavy atom. The second kappa shape index (κ2) is 27.4. The highest BCUT2D eigenvalue weighted by molar-refractivity contribution is 5.69. The topological polar surface area (TPSA) is 43.4 Å². The molecular weight excluding hydrogens is 408 g/mol. The molecule has 0 aliphatic carbocycles. The van der Waals surface area contributed by atoms with Crippen molar-refractivity contribution in [1.82, 2.24) is 0 Å². The van der Waals surface area contributed by atoms with Crippen molar-refractivity contribution in [2.45, 2.75) is 180 Å². The van der Waals surface area contributed by atoms with Gasteiger partial charge in [-0.15, -0.1) is 0 Å². The van der Waals surface area contributed by atoms with Gasteiger partial charge >= 0.3 is 5.97 Å². The van der Waals surface area contributed by atoms with Gasteiger partial charge in [0.1, 0.15) is 6.10 Å². The molecule has 0 saturated carbocycles. The maximum atomic E-state index is 12.1. The highest BCUT2D eigenvalue weighted by Gasteiger charge is 2.14. The number of rotatable bonds is 27. The molecule has 0 amide bonds. The summed E-state index contributed by atoms with van der Waals surface area (Å²) in [7, 11) is 0. The fraction of sp³-hybridized carbons (Fsp3) is 0.933. The van der Waals surface area contributed by atoms with Gasteiger partial charge in [-0.2, -0.15) is 0 Å². The lowest BCUT2D eigenvalue weighted by molar-refractivity contribution is -0.149.